The van der Waals surface area contributed by atoms with Crippen LogP contribution >= 0.6 is 22.6 Å². The van der Waals surface area contributed by atoms with Gasteiger partial charge in [-0.3, -0.25) is 4.79 Å². The van der Waals surface area contributed by atoms with Gasteiger partial charge in [0.2, 0.25) is 0 Å². The third-order valence-corrected chi connectivity index (χ3v) is 2.73. The SMILES string of the molecule is COC(=O)Cc1ccc(C(C)I)cc1. The number of carbonyl (C=O) groups is 1. The van der Waals surface area contributed by atoms with Gasteiger partial charge in [0, 0.05) is 3.92 Å². The molecule has 1 aromatic carbocycles. The first-order valence-electron chi connectivity index (χ1n) is 4.43. The summed E-state index contributed by atoms with van der Waals surface area (Å²) >= 11 is 2.36. The molecule has 0 bridgehead atoms. The summed E-state index contributed by atoms with van der Waals surface area (Å²) < 4.78 is 5.09. The van der Waals surface area contributed by atoms with E-state index in [0.29, 0.717) is 10.3 Å². The van der Waals surface area contributed by atoms with Gasteiger partial charge in [0.05, 0.1) is 13.5 Å². The number of halogens is 1. The predicted octanol–water partition coefficient (Wildman–Crippen LogP) is 2.90. The number of benzene rings is 1. The summed E-state index contributed by atoms with van der Waals surface area (Å²) in [6, 6.07) is 8.05. The Morgan fingerprint density at radius 3 is 2.43 bits per heavy atom. The molecule has 0 amide bonds. The molecule has 0 aromatic heterocycles. The molecule has 0 fully saturated rings. The summed E-state index contributed by atoms with van der Waals surface area (Å²) in [7, 11) is 1.41. The molecular weight excluding hydrogens is 291 g/mol. The average molecular weight is 304 g/mol. The number of rotatable bonds is 3. The largest absolute Gasteiger partial charge is 0.469 e. The van der Waals surface area contributed by atoms with E-state index in [1.807, 2.05) is 12.1 Å². The molecule has 0 saturated heterocycles. The maximum atomic E-state index is 11.0. The number of ether oxygens (including phenoxy) is 1. The van der Waals surface area contributed by atoms with E-state index in [1.54, 1.807) is 0 Å². The predicted molar refractivity (Wildman–Crippen MR) is 64.6 cm³/mol. The first kappa shape index (κ1) is 11.5. The van der Waals surface area contributed by atoms with Crippen LogP contribution in [0.5, 0.6) is 0 Å². The lowest BCUT2D eigenvalue weighted by Gasteiger charge is -2.04. The molecule has 1 unspecified atom stereocenters. The van der Waals surface area contributed by atoms with Gasteiger partial charge in [0.25, 0.3) is 0 Å². The molecule has 1 rings (SSSR count). The normalized spacial score (nSPS) is 12.2. The van der Waals surface area contributed by atoms with Gasteiger partial charge in [0.15, 0.2) is 0 Å². The Morgan fingerprint density at radius 2 is 2.00 bits per heavy atom. The van der Waals surface area contributed by atoms with Gasteiger partial charge >= 0.3 is 5.97 Å². The Labute approximate surface area is 97.8 Å². The number of esters is 1. The van der Waals surface area contributed by atoms with Gasteiger partial charge in [-0.25, -0.2) is 0 Å². The second-order valence-electron chi connectivity index (χ2n) is 3.11. The number of hydrogen-bond acceptors (Lipinski definition) is 2. The molecule has 14 heavy (non-hydrogen) atoms. The van der Waals surface area contributed by atoms with Crippen LogP contribution < -0.4 is 0 Å². The minimum atomic E-state index is -0.194. The second kappa shape index (κ2) is 5.34. The van der Waals surface area contributed by atoms with E-state index < -0.39 is 0 Å². The van der Waals surface area contributed by atoms with Crippen molar-refractivity contribution in [1.82, 2.24) is 0 Å². The summed E-state index contributed by atoms with van der Waals surface area (Å²) in [5, 5.41) is 0. The third-order valence-electron chi connectivity index (χ3n) is 2.02. The van der Waals surface area contributed by atoms with Crippen molar-refractivity contribution < 1.29 is 9.53 Å². The van der Waals surface area contributed by atoms with E-state index in [1.165, 1.54) is 12.7 Å². The highest BCUT2D eigenvalue weighted by atomic mass is 127. The zero-order chi connectivity index (χ0) is 10.6. The van der Waals surface area contributed by atoms with Crippen LogP contribution in [-0.2, 0) is 16.0 Å². The van der Waals surface area contributed by atoms with Gasteiger partial charge in [0.1, 0.15) is 0 Å². The third kappa shape index (κ3) is 3.29. The van der Waals surface area contributed by atoms with Gasteiger partial charge in [-0.15, -0.1) is 0 Å². The van der Waals surface area contributed by atoms with Crippen molar-refractivity contribution in [2.75, 3.05) is 7.11 Å². The molecular formula is C11H13IO2. The van der Waals surface area contributed by atoms with Crippen LogP contribution in [0, 0.1) is 0 Å². The zero-order valence-electron chi connectivity index (χ0n) is 8.29. The number of carbonyl (C=O) groups excluding carboxylic acids is 1. The van der Waals surface area contributed by atoms with Crippen LogP contribution in [-0.4, -0.2) is 13.1 Å². The summed E-state index contributed by atoms with van der Waals surface area (Å²) in [6.07, 6.45) is 0.354. The van der Waals surface area contributed by atoms with E-state index in [2.05, 4.69) is 46.4 Å². The lowest BCUT2D eigenvalue weighted by molar-refractivity contribution is -0.139. The van der Waals surface area contributed by atoms with E-state index in [4.69, 9.17) is 0 Å². The first-order chi connectivity index (χ1) is 6.63. The Balaban J connectivity index is 2.69. The summed E-state index contributed by atoms with van der Waals surface area (Å²) in [4.78, 5) is 11.0. The topological polar surface area (TPSA) is 26.3 Å². The van der Waals surface area contributed by atoms with Crippen molar-refractivity contribution in [2.45, 2.75) is 17.3 Å². The molecule has 0 aliphatic carbocycles. The van der Waals surface area contributed by atoms with Crippen LogP contribution in [0.1, 0.15) is 22.0 Å². The molecule has 2 nitrogen and oxygen atoms in total. The van der Waals surface area contributed by atoms with Crippen molar-refractivity contribution in [3.63, 3.8) is 0 Å². The van der Waals surface area contributed by atoms with Gasteiger partial charge in [-0.1, -0.05) is 46.9 Å². The lowest BCUT2D eigenvalue weighted by atomic mass is 10.1. The van der Waals surface area contributed by atoms with Crippen molar-refractivity contribution in [1.29, 1.82) is 0 Å². The molecule has 0 saturated carbocycles. The molecule has 3 heteroatoms. The Morgan fingerprint density at radius 1 is 1.43 bits per heavy atom. The van der Waals surface area contributed by atoms with Crippen LogP contribution in [0.4, 0.5) is 0 Å². The van der Waals surface area contributed by atoms with Gasteiger partial charge < -0.3 is 4.74 Å². The highest BCUT2D eigenvalue weighted by molar-refractivity contribution is 14.1. The molecule has 1 atom stereocenters. The summed E-state index contributed by atoms with van der Waals surface area (Å²) in [5.74, 6) is -0.194. The Hall–Kier alpha value is -0.580. The minimum Gasteiger partial charge on any atom is -0.469 e. The van der Waals surface area contributed by atoms with Crippen molar-refractivity contribution in [3.05, 3.63) is 35.4 Å². The monoisotopic (exact) mass is 304 g/mol. The molecule has 0 N–H and O–H groups in total. The van der Waals surface area contributed by atoms with E-state index in [9.17, 15) is 4.79 Å². The minimum absolute atomic E-state index is 0.194. The number of alkyl halides is 1. The molecule has 0 aliphatic heterocycles. The standard InChI is InChI=1S/C11H13IO2/c1-8(12)10-5-3-9(4-6-10)7-11(13)14-2/h3-6,8H,7H2,1-2H3. The molecule has 76 valence electrons. The zero-order valence-corrected chi connectivity index (χ0v) is 10.4. The smallest absolute Gasteiger partial charge is 0.309 e. The highest BCUT2D eigenvalue weighted by Crippen LogP contribution is 2.22. The van der Waals surface area contributed by atoms with Crippen molar-refractivity contribution >= 4 is 28.6 Å². The molecule has 0 spiro atoms. The van der Waals surface area contributed by atoms with Crippen LogP contribution in [0.25, 0.3) is 0 Å². The highest BCUT2D eigenvalue weighted by Gasteiger charge is 2.04. The van der Waals surface area contributed by atoms with E-state index in [0.717, 1.165) is 5.56 Å². The lowest BCUT2D eigenvalue weighted by Crippen LogP contribution is -2.04. The molecule has 0 aliphatic rings. The van der Waals surface area contributed by atoms with E-state index >= 15 is 0 Å². The number of hydrogen-bond donors (Lipinski definition) is 0. The molecule has 0 radical (unpaired) electrons. The molecule has 0 heterocycles. The van der Waals surface area contributed by atoms with Gasteiger partial charge in [-0.2, -0.15) is 0 Å². The van der Waals surface area contributed by atoms with E-state index in [-0.39, 0.29) is 5.97 Å². The van der Waals surface area contributed by atoms with Gasteiger partial charge in [-0.05, 0) is 18.1 Å². The quantitative estimate of drug-likeness (QED) is 0.487. The fourth-order valence-electron chi connectivity index (χ4n) is 1.14. The average Bonchev–Trinajstić information content (AvgIpc) is 2.18. The Bertz CT molecular complexity index is 304. The van der Waals surface area contributed by atoms with Crippen LogP contribution in [0.15, 0.2) is 24.3 Å². The maximum Gasteiger partial charge on any atom is 0.309 e. The summed E-state index contributed by atoms with van der Waals surface area (Å²) in [5.41, 5.74) is 2.27. The number of methoxy groups -OCH3 is 1. The fourth-order valence-corrected chi connectivity index (χ4v) is 1.55. The van der Waals surface area contributed by atoms with Crippen molar-refractivity contribution in [3.8, 4) is 0 Å². The van der Waals surface area contributed by atoms with Crippen LogP contribution in [0.2, 0.25) is 0 Å². The van der Waals surface area contributed by atoms with Crippen molar-refractivity contribution in [2.24, 2.45) is 0 Å². The summed E-state index contributed by atoms with van der Waals surface area (Å²) in [6.45, 7) is 2.13. The second-order valence-corrected chi connectivity index (χ2v) is 4.98. The fraction of sp³-hybridized carbons (Fsp3) is 0.364. The van der Waals surface area contributed by atoms with Crippen LogP contribution in [0.3, 0.4) is 0 Å². The molecule has 1 aromatic rings. The first-order valence-corrected chi connectivity index (χ1v) is 5.67. The Kier molecular flexibility index (Phi) is 4.38. The maximum absolute atomic E-state index is 11.0.